The molecule has 0 aliphatic rings. The summed E-state index contributed by atoms with van der Waals surface area (Å²) < 4.78 is 9.79. The summed E-state index contributed by atoms with van der Waals surface area (Å²) in [6, 6.07) is 13.1. The minimum Gasteiger partial charge on any atom is -0.447 e. The maximum atomic E-state index is 12.8. The Morgan fingerprint density at radius 3 is 2.19 bits per heavy atom. The Bertz CT molecular complexity index is 896. The molecule has 2 aromatic rings. The van der Waals surface area contributed by atoms with E-state index in [4.69, 9.17) is 9.47 Å². The summed E-state index contributed by atoms with van der Waals surface area (Å²) >= 11 is 0. The van der Waals surface area contributed by atoms with Crippen molar-refractivity contribution in [2.24, 2.45) is 5.92 Å². The van der Waals surface area contributed by atoms with Gasteiger partial charge in [-0.15, -0.1) is 0 Å². The van der Waals surface area contributed by atoms with E-state index in [-0.39, 0.29) is 24.3 Å². The Morgan fingerprint density at radius 2 is 1.58 bits per heavy atom. The van der Waals surface area contributed by atoms with E-state index in [9.17, 15) is 14.4 Å². The summed E-state index contributed by atoms with van der Waals surface area (Å²) in [5.74, 6) is -0.801. The van der Waals surface area contributed by atoms with Crippen LogP contribution in [0.25, 0.3) is 0 Å². The van der Waals surface area contributed by atoms with Gasteiger partial charge in [0, 0.05) is 24.0 Å². The minimum absolute atomic E-state index is 0.133. The second kappa shape index (κ2) is 11.7. The molecule has 8 nitrogen and oxygen atoms in total. The van der Waals surface area contributed by atoms with Crippen LogP contribution >= 0.6 is 0 Å². The number of amides is 3. The Hall–Kier alpha value is -3.39. The fourth-order valence-corrected chi connectivity index (χ4v) is 2.73. The van der Waals surface area contributed by atoms with Crippen molar-refractivity contribution in [1.82, 2.24) is 5.32 Å². The van der Waals surface area contributed by atoms with Crippen molar-refractivity contribution in [3.05, 3.63) is 59.7 Å². The van der Waals surface area contributed by atoms with Crippen LogP contribution in [0, 0.1) is 12.8 Å². The number of ether oxygens (including phenoxy) is 2. The Labute approximate surface area is 182 Å². The average molecular weight is 428 g/mol. The van der Waals surface area contributed by atoms with Gasteiger partial charge in [0.25, 0.3) is 5.91 Å². The van der Waals surface area contributed by atoms with E-state index in [0.717, 1.165) is 5.56 Å². The largest absolute Gasteiger partial charge is 0.447 e. The van der Waals surface area contributed by atoms with Crippen molar-refractivity contribution >= 4 is 29.3 Å². The van der Waals surface area contributed by atoms with E-state index < -0.39 is 12.1 Å². The highest BCUT2D eigenvalue weighted by Crippen LogP contribution is 2.17. The molecule has 0 saturated carbocycles. The molecule has 0 bridgehead atoms. The summed E-state index contributed by atoms with van der Waals surface area (Å²) in [6.07, 6.45) is -0.619. The minimum atomic E-state index is -0.732. The van der Waals surface area contributed by atoms with Crippen molar-refractivity contribution < 1.29 is 23.9 Å². The standard InChI is InChI=1S/C23H29N3O5/c1-15(2)20(26-21(27)17-10-8-16(3)9-11-17)22(28)24-18-6-5-7-19(14-18)25-23(29)31-13-12-30-4/h5-11,14-15,20H,12-13H2,1-4H3,(H,24,28)(H,25,29)(H,26,27). The highest BCUT2D eigenvalue weighted by molar-refractivity contribution is 6.01. The van der Waals surface area contributed by atoms with Gasteiger partial charge >= 0.3 is 6.09 Å². The molecule has 0 aliphatic heterocycles. The molecule has 0 saturated heterocycles. The predicted molar refractivity (Wildman–Crippen MR) is 119 cm³/mol. The summed E-state index contributed by atoms with van der Waals surface area (Å²) in [5.41, 5.74) is 2.48. The lowest BCUT2D eigenvalue weighted by Gasteiger charge is -2.22. The van der Waals surface area contributed by atoms with Crippen LogP contribution in [0.2, 0.25) is 0 Å². The summed E-state index contributed by atoms with van der Waals surface area (Å²) in [6.45, 7) is 6.08. The first-order chi connectivity index (χ1) is 14.8. The first-order valence-electron chi connectivity index (χ1n) is 10.0. The second-order valence-electron chi connectivity index (χ2n) is 7.38. The lowest BCUT2D eigenvalue weighted by Crippen LogP contribution is -2.47. The Morgan fingerprint density at radius 1 is 0.935 bits per heavy atom. The molecule has 2 aromatic carbocycles. The van der Waals surface area contributed by atoms with Crippen LogP contribution in [0.3, 0.4) is 0 Å². The molecule has 1 unspecified atom stereocenters. The van der Waals surface area contributed by atoms with E-state index in [1.54, 1.807) is 36.4 Å². The summed E-state index contributed by atoms with van der Waals surface area (Å²) in [4.78, 5) is 37.2. The molecule has 0 aliphatic carbocycles. The third-order valence-corrected chi connectivity index (χ3v) is 4.45. The van der Waals surface area contributed by atoms with Crippen molar-refractivity contribution in [2.45, 2.75) is 26.8 Å². The Kier molecular flexibility index (Phi) is 9.02. The quantitative estimate of drug-likeness (QED) is 0.531. The number of benzene rings is 2. The van der Waals surface area contributed by atoms with Crippen LogP contribution < -0.4 is 16.0 Å². The van der Waals surface area contributed by atoms with Gasteiger partial charge in [-0.2, -0.15) is 0 Å². The molecule has 8 heteroatoms. The highest BCUT2D eigenvalue weighted by atomic mass is 16.6. The van der Waals surface area contributed by atoms with Gasteiger partial charge in [0.1, 0.15) is 12.6 Å². The van der Waals surface area contributed by atoms with Crippen LogP contribution in [-0.2, 0) is 14.3 Å². The van der Waals surface area contributed by atoms with Crippen molar-refractivity contribution in [1.29, 1.82) is 0 Å². The zero-order valence-corrected chi connectivity index (χ0v) is 18.2. The van der Waals surface area contributed by atoms with Crippen molar-refractivity contribution in [3.8, 4) is 0 Å². The molecule has 1 atom stereocenters. The van der Waals surface area contributed by atoms with E-state index in [1.165, 1.54) is 7.11 Å². The van der Waals surface area contributed by atoms with E-state index in [1.807, 2.05) is 32.9 Å². The second-order valence-corrected chi connectivity index (χ2v) is 7.38. The summed E-state index contributed by atoms with van der Waals surface area (Å²) in [7, 11) is 1.51. The molecular formula is C23H29N3O5. The van der Waals surface area contributed by atoms with Crippen LogP contribution in [0.5, 0.6) is 0 Å². The van der Waals surface area contributed by atoms with Gasteiger partial charge in [0.15, 0.2) is 0 Å². The van der Waals surface area contributed by atoms with Crippen molar-refractivity contribution in [3.63, 3.8) is 0 Å². The fraction of sp³-hybridized carbons (Fsp3) is 0.348. The van der Waals surface area contributed by atoms with Crippen molar-refractivity contribution in [2.75, 3.05) is 31.0 Å². The van der Waals surface area contributed by atoms with Gasteiger partial charge in [0.05, 0.1) is 6.61 Å². The van der Waals surface area contributed by atoms with Gasteiger partial charge in [-0.05, 0) is 43.2 Å². The average Bonchev–Trinajstić information content (AvgIpc) is 2.72. The fourth-order valence-electron chi connectivity index (χ4n) is 2.73. The topological polar surface area (TPSA) is 106 Å². The van der Waals surface area contributed by atoms with Gasteiger partial charge in [-0.1, -0.05) is 37.6 Å². The molecule has 2 rings (SSSR count). The number of nitrogens with one attached hydrogen (secondary N) is 3. The number of methoxy groups -OCH3 is 1. The number of carbonyl (C=O) groups excluding carboxylic acids is 3. The van der Waals surface area contributed by atoms with Gasteiger partial charge < -0.3 is 20.1 Å². The van der Waals surface area contributed by atoms with E-state index in [0.29, 0.717) is 23.5 Å². The highest BCUT2D eigenvalue weighted by Gasteiger charge is 2.25. The number of hydrogen-bond acceptors (Lipinski definition) is 5. The maximum Gasteiger partial charge on any atom is 0.411 e. The molecular weight excluding hydrogens is 398 g/mol. The van der Waals surface area contributed by atoms with E-state index in [2.05, 4.69) is 16.0 Å². The number of anilines is 2. The van der Waals surface area contributed by atoms with Crippen LogP contribution in [-0.4, -0.2) is 44.3 Å². The SMILES string of the molecule is COCCOC(=O)Nc1cccc(NC(=O)C(NC(=O)c2ccc(C)cc2)C(C)C)c1. The summed E-state index contributed by atoms with van der Waals surface area (Å²) in [5, 5.41) is 8.17. The van der Waals surface area contributed by atoms with Crippen LogP contribution in [0.1, 0.15) is 29.8 Å². The van der Waals surface area contributed by atoms with Gasteiger partial charge in [-0.3, -0.25) is 14.9 Å². The third-order valence-electron chi connectivity index (χ3n) is 4.45. The third kappa shape index (κ3) is 7.75. The zero-order chi connectivity index (χ0) is 22.8. The molecule has 0 heterocycles. The first-order valence-corrected chi connectivity index (χ1v) is 10.0. The van der Waals surface area contributed by atoms with Crippen LogP contribution in [0.15, 0.2) is 48.5 Å². The molecule has 31 heavy (non-hydrogen) atoms. The zero-order valence-electron chi connectivity index (χ0n) is 18.2. The smallest absolute Gasteiger partial charge is 0.411 e. The number of carbonyl (C=O) groups is 3. The lowest BCUT2D eigenvalue weighted by molar-refractivity contribution is -0.118. The van der Waals surface area contributed by atoms with E-state index >= 15 is 0 Å². The number of aryl methyl sites for hydroxylation is 1. The molecule has 3 N–H and O–H groups in total. The van der Waals surface area contributed by atoms with Crippen LogP contribution in [0.4, 0.5) is 16.2 Å². The monoisotopic (exact) mass is 427 g/mol. The Balaban J connectivity index is 2.01. The molecule has 0 aromatic heterocycles. The molecule has 0 radical (unpaired) electrons. The molecule has 0 spiro atoms. The lowest BCUT2D eigenvalue weighted by atomic mass is 10.0. The molecule has 3 amide bonds. The number of rotatable bonds is 9. The normalized spacial score (nSPS) is 11.5. The first kappa shape index (κ1) is 23.9. The maximum absolute atomic E-state index is 12.8. The molecule has 166 valence electrons. The van der Waals surface area contributed by atoms with Gasteiger partial charge in [-0.25, -0.2) is 4.79 Å². The molecule has 0 fully saturated rings. The van der Waals surface area contributed by atoms with Gasteiger partial charge in [0.2, 0.25) is 5.91 Å². The number of hydrogen-bond donors (Lipinski definition) is 3. The predicted octanol–water partition coefficient (Wildman–Crippen LogP) is 3.58.